The highest BCUT2D eigenvalue weighted by Gasteiger charge is 2.04. The van der Waals surface area contributed by atoms with Crippen LogP contribution in [0.3, 0.4) is 0 Å². The molecule has 3 aromatic rings. The fraction of sp³-hybridized carbons (Fsp3) is 0. The minimum Gasteiger partial charge on any atom is -0.323 e. The van der Waals surface area contributed by atoms with Crippen molar-refractivity contribution in [1.82, 2.24) is 9.97 Å². The van der Waals surface area contributed by atoms with E-state index in [0.29, 0.717) is 11.5 Å². The summed E-state index contributed by atoms with van der Waals surface area (Å²) >= 11 is 0. The van der Waals surface area contributed by atoms with Crippen molar-refractivity contribution in [3.63, 3.8) is 0 Å². The highest BCUT2D eigenvalue weighted by molar-refractivity contribution is 5.99. The van der Waals surface area contributed by atoms with Crippen LogP contribution in [0, 0.1) is 4.91 Å². The predicted octanol–water partition coefficient (Wildman–Crippen LogP) is 3.10. The molecular weight excluding hydrogens is 254 g/mol. The van der Waals surface area contributed by atoms with Crippen LogP contribution in [0.1, 0.15) is 5.56 Å². The van der Waals surface area contributed by atoms with E-state index >= 15 is 0 Å². The summed E-state index contributed by atoms with van der Waals surface area (Å²) in [5.41, 5.74) is 5.07. The zero-order valence-corrected chi connectivity index (χ0v) is 10.4. The molecule has 0 aliphatic carbocycles. The molecule has 6 nitrogen and oxygen atoms in total. The Labute approximate surface area is 114 Å². The molecule has 2 N–H and O–H groups in total. The van der Waals surface area contributed by atoms with Gasteiger partial charge in [0.05, 0.1) is 11.0 Å². The number of H-pyrrole nitrogens is 1. The van der Waals surface area contributed by atoms with E-state index in [0.717, 1.165) is 11.0 Å². The molecule has 1 heterocycles. The monoisotopic (exact) mass is 265 g/mol. The van der Waals surface area contributed by atoms with Gasteiger partial charge in [0, 0.05) is 5.56 Å². The average Bonchev–Trinajstić information content (AvgIpc) is 2.92. The largest absolute Gasteiger partial charge is 0.323 e. The summed E-state index contributed by atoms with van der Waals surface area (Å²) in [6.07, 6.45) is 0. The fourth-order valence-corrected chi connectivity index (χ4v) is 1.84. The van der Waals surface area contributed by atoms with Crippen molar-refractivity contribution in [3.8, 4) is 0 Å². The molecule has 0 unspecified atom stereocenters. The normalized spacial score (nSPS) is 11.5. The molecule has 2 aromatic carbocycles. The maximum absolute atomic E-state index is 10.8. The molecule has 98 valence electrons. The van der Waals surface area contributed by atoms with E-state index in [9.17, 15) is 4.91 Å². The third-order valence-electron chi connectivity index (χ3n) is 2.78. The lowest BCUT2D eigenvalue weighted by Gasteiger charge is -1.98. The summed E-state index contributed by atoms with van der Waals surface area (Å²) in [7, 11) is 0. The Kier molecular flexibility index (Phi) is 3.20. The second-order valence-corrected chi connectivity index (χ2v) is 4.11. The number of imidazole rings is 1. The zero-order chi connectivity index (χ0) is 13.8. The number of fused-ring (bicyclic) bond motifs is 1. The minimum atomic E-state index is 0.0751. The van der Waals surface area contributed by atoms with Gasteiger partial charge < -0.3 is 4.98 Å². The summed E-state index contributed by atoms with van der Waals surface area (Å²) < 4.78 is 0. The van der Waals surface area contributed by atoms with Crippen LogP contribution in [-0.4, -0.2) is 15.8 Å². The number of rotatable bonds is 3. The first-order valence-electron chi connectivity index (χ1n) is 6.04. The van der Waals surface area contributed by atoms with Crippen molar-refractivity contribution in [1.29, 1.82) is 0 Å². The first kappa shape index (κ1) is 12.0. The number of amidine groups is 1. The molecule has 0 spiro atoms. The first-order valence-corrected chi connectivity index (χ1v) is 6.04. The number of hydrazone groups is 1. The molecular formula is C14H11N5O. The molecule has 0 saturated heterocycles. The van der Waals surface area contributed by atoms with Crippen LogP contribution in [0.4, 0.5) is 5.95 Å². The highest BCUT2D eigenvalue weighted by atomic mass is 16.3. The van der Waals surface area contributed by atoms with Crippen LogP contribution in [0.5, 0.6) is 0 Å². The SMILES string of the molecule is O=N/C(=N\Nc1nc2ccccc2[nH]1)c1ccccc1. The van der Waals surface area contributed by atoms with Gasteiger partial charge in [-0.1, -0.05) is 42.5 Å². The van der Waals surface area contributed by atoms with Gasteiger partial charge in [-0.05, 0) is 17.3 Å². The third kappa shape index (κ3) is 2.39. The standard InChI is InChI=1S/C14H11N5O/c20-19-13(10-6-2-1-3-7-10)17-18-14-15-11-8-4-5-9-12(11)16-14/h1-9H,(H2,15,16,18)/b17-13-. The van der Waals surface area contributed by atoms with Gasteiger partial charge in [-0.15, -0.1) is 10.0 Å². The van der Waals surface area contributed by atoms with E-state index < -0.39 is 0 Å². The quantitative estimate of drug-likeness (QED) is 0.330. The van der Waals surface area contributed by atoms with Crippen LogP contribution >= 0.6 is 0 Å². The molecule has 0 radical (unpaired) electrons. The Morgan fingerprint density at radius 2 is 1.80 bits per heavy atom. The molecule has 0 aliphatic rings. The molecule has 20 heavy (non-hydrogen) atoms. The number of aromatic amines is 1. The van der Waals surface area contributed by atoms with Crippen molar-refractivity contribution in [3.05, 3.63) is 65.1 Å². The van der Waals surface area contributed by atoms with Crippen LogP contribution in [0.15, 0.2) is 64.9 Å². The van der Waals surface area contributed by atoms with Gasteiger partial charge in [-0.2, -0.15) is 0 Å². The fourth-order valence-electron chi connectivity index (χ4n) is 1.84. The van der Waals surface area contributed by atoms with Crippen molar-refractivity contribution in [2.45, 2.75) is 0 Å². The molecule has 1 aromatic heterocycles. The number of nitrogens with one attached hydrogen (secondary N) is 2. The number of nitroso groups, excluding NO2 is 1. The van der Waals surface area contributed by atoms with Gasteiger partial charge in [0.1, 0.15) is 0 Å². The van der Waals surface area contributed by atoms with Crippen LogP contribution in [-0.2, 0) is 0 Å². The summed E-state index contributed by atoms with van der Waals surface area (Å²) in [6.45, 7) is 0. The minimum absolute atomic E-state index is 0.0751. The molecule has 6 heteroatoms. The van der Waals surface area contributed by atoms with Gasteiger partial charge >= 0.3 is 0 Å². The number of aromatic nitrogens is 2. The molecule has 0 amide bonds. The Morgan fingerprint density at radius 1 is 1.05 bits per heavy atom. The average molecular weight is 265 g/mol. The van der Waals surface area contributed by atoms with E-state index in [1.165, 1.54) is 0 Å². The van der Waals surface area contributed by atoms with E-state index in [-0.39, 0.29) is 5.84 Å². The summed E-state index contributed by atoms with van der Waals surface area (Å²) in [4.78, 5) is 18.2. The Balaban J connectivity index is 1.86. The topological polar surface area (TPSA) is 82.5 Å². The molecule has 0 aliphatic heterocycles. The van der Waals surface area contributed by atoms with Crippen molar-refractivity contribution < 1.29 is 0 Å². The van der Waals surface area contributed by atoms with Crippen LogP contribution in [0.25, 0.3) is 11.0 Å². The number of nitrogens with zero attached hydrogens (tertiary/aromatic N) is 3. The zero-order valence-electron chi connectivity index (χ0n) is 10.4. The number of hydrogen-bond acceptors (Lipinski definition) is 4. The predicted molar refractivity (Wildman–Crippen MR) is 78.5 cm³/mol. The van der Waals surface area contributed by atoms with Gasteiger partial charge in [0.25, 0.3) is 0 Å². The van der Waals surface area contributed by atoms with Crippen molar-refractivity contribution in [2.24, 2.45) is 10.3 Å². The molecule has 0 atom stereocenters. The van der Waals surface area contributed by atoms with E-state index in [1.807, 2.05) is 42.5 Å². The highest BCUT2D eigenvalue weighted by Crippen LogP contribution is 2.13. The van der Waals surface area contributed by atoms with Gasteiger partial charge in [0.15, 0.2) is 0 Å². The first-order chi connectivity index (χ1) is 9.86. The summed E-state index contributed by atoms with van der Waals surface area (Å²) in [6, 6.07) is 16.6. The molecule has 3 rings (SSSR count). The van der Waals surface area contributed by atoms with Gasteiger partial charge in [0.2, 0.25) is 11.8 Å². The number of benzene rings is 2. The van der Waals surface area contributed by atoms with E-state index in [1.54, 1.807) is 12.1 Å². The maximum atomic E-state index is 10.8. The van der Waals surface area contributed by atoms with Gasteiger partial charge in [-0.25, -0.2) is 10.4 Å². The molecule has 0 bridgehead atoms. The molecule has 0 fully saturated rings. The number of para-hydroxylation sites is 2. The van der Waals surface area contributed by atoms with E-state index in [4.69, 9.17) is 0 Å². The Morgan fingerprint density at radius 3 is 2.55 bits per heavy atom. The number of hydrogen-bond donors (Lipinski definition) is 2. The Hall–Kier alpha value is -3.02. The number of anilines is 1. The lowest BCUT2D eigenvalue weighted by molar-refractivity contribution is 1.20. The van der Waals surface area contributed by atoms with Crippen LogP contribution in [0.2, 0.25) is 0 Å². The maximum Gasteiger partial charge on any atom is 0.222 e. The lowest BCUT2D eigenvalue weighted by atomic mass is 10.2. The third-order valence-corrected chi connectivity index (χ3v) is 2.78. The van der Waals surface area contributed by atoms with Gasteiger partial charge in [-0.3, -0.25) is 0 Å². The lowest BCUT2D eigenvalue weighted by Crippen LogP contribution is -2.01. The summed E-state index contributed by atoms with van der Waals surface area (Å²) in [5, 5.41) is 6.89. The molecule has 0 saturated carbocycles. The van der Waals surface area contributed by atoms with Crippen LogP contribution < -0.4 is 5.43 Å². The summed E-state index contributed by atoms with van der Waals surface area (Å²) in [5.74, 6) is 0.536. The van der Waals surface area contributed by atoms with E-state index in [2.05, 4.69) is 25.7 Å². The van der Waals surface area contributed by atoms with Crippen molar-refractivity contribution >= 4 is 22.8 Å². The second kappa shape index (κ2) is 5.31. The second-order valence-electron chi connectivity index (χ2n) is 4.11. The Bertz CT molecular complexity index is 730. The smallest absolute Gasteiger partial charge is 0.222 e. The van der Waals surface area contributed by atoms with Crippen molar-refractivity contribution in [2.75, 3.05) is 5.43 Å².